The molecule has 2 aromatic rings. The Kier molecular flexibility index (Phi) is 6.75. The van der Waals surface area contributed by atoms with E-state index in [1.807, 2.05) is 30.0 Å². The minimum Gasteiger partial charge on any atom is -0.370 e. The number of hydrogen-bond acceptors (Lipinski definition) is 3. The van der Waals surface area contributed by atoms with Crippen molar-refractivity contribution in [2.24, 2.45) is 10.7 Å². The van der Waals surface area contributed by atoms with Crippen molar-refractivity contribution in [3.05, 3.63) is 42.1 Å². The number of thioether (sulfide) groups is 1. The number of para-hydroxylation sites is 1. The summed E-state index contributed by atoms with van der Waals surface area (Å²) in [4.78, 5) is 11.3. The molecule has 2 heterocycles. The average molecular weight is 428 g/mol. The Morgan fingerprint density at radius 2 is 1.95 bits per heavy atom. The van der Waals surface area contributed by atoms with E-state index in [9.17, 15) is 0 Å². The summed E-state index contributed by atoms with van der Waals surface area (Å²) in [6.07, 6.45) is 0.828. The zero-order valence-corrected chi connectivity index (χ0v) is 15.6. The molecule has 0 aliphatic carbocycles. The molecule has 22 heavy (non-hydrogen) atoms. The molecule has 118 valence electrons. The van der Waals surface area contributed by atoms with E-state index in [1.165, 1.54) is 5.39 Å². The van der Waals surface area contributed by atoms with Crippen molar-refractivity contribution in [1.29, 1.82) is 0 Å². The number of guanidine groups is 1. The Morgan fingerprint density at radius 3 is 2.77 bits per heavy atom. The van der Waals surface area contributed by atoms with E-state index in [4.69, 9.17) is 5.73 Å². The summed E-state index contributed by atoms with van der Waals surface area (Å²) < 4.78 is 0. The van der Waals surface area contributed by atoms with Gasteiger partial charge in [0.2, 0.25) is 0 Å². The molecule has 0 bridgehead atoms. The molecule has 2 N–H and O–H groups in total. The monoisotopic (exact) mass is 428 g/mol. The van der Waals surface area contributed by atoms with Gasteiger partial charge < -0.3 is 10.6 Å². The molecule has 1 aromatic heterocycles. The number of hydrogen-bond donors (Lipinski definition) is 1. The standard InChI is InChI=1S/C16H20N4S.HI/c17-16(20-9-11-21-12-10-20)18-8-7-14-6-5-13-3-1-2-4-15(13)19-14;/h1-6H,7-12H2,(H2,17,18);1H. The fraction of sp³-hybridized carbons (Fsp3) is 0.375. The highest BCUT2D eigenvalue weighted by Crippen LogP contribution is 2.12. The second kappa shape index (κ2) is 8.57. The molecule has 1 fully saturated rings. The molecule has 0 radical (unpaired) electrons. The van der Waals surface area contributed by atoms with Gasteiger partial charge in [-0.25, -0.2) is 0 Å². The van der Waals surface area contributed by atoms with E-state index in [1.54, 1.807) is 0 Å². The maximum absolute atomic E-state index is 6.05. The number of pyridine rings is 1. The van der Waals surface area contributed by atoms with Gasteiger partial charge in [-0.2, -0.15) is 11.8 Å². The third-order valence-electron chi connectivity index (χ3n) is 3.63. The Hall–Kier alpha value is -1.02. The van der Waals surface area contributed by atoms with Gasteiger partial charge in [0.1, 0.15) is 0 Å². The molecule has 3 rings (SSSR count). The van der Waals surface area contributed by atoms with Crippen LogP contribution in [0.5, 0.6) is 0 Å². The van der Waals surface area contributed by atoms with Gasteiger partial charge in [-0.15, -0.1) is 24.0 Å². The van der Waals surface area contributed by atoms with Crippen molar-refractivity contribution in [2.45, 2.75) is 6.42 Å². The van der Waals surface area contributed by atoms with Crippen molar-refractivity contribution in [3.63, 3.8) is 0 Å². The Balaban J connectivity index is 0.00000176. The smallest absolute Gasteiger partial charge is 0.191 e. The molecule has 0 saturated carbocycles. The van der Waals surface area contributed by atoms with E-state index in [0.29, 0.717) is 12.5 Å². The summed E-state index contributed by atoms with van der Waals surface area (Å²) in [5, 5.41) is 1.18. The molecule has 0 spiro atoms. The van der Waals surface area contributed by atoms with E-state index in [0.717, 1.165) is 42.2 Å². The predicted octanol–water partition coefficient (Wildman–Crippen LogP) is 2.76. The summed E-state index contributed by atoms with van der Waals surface area (Å²) in [6, 6.07) is 12.4. The third kappa shape index (κ3) is 4.49. The van der Waals surface area contributed by atoms with E-state index >= 15 is 0 Å². The van der Waals surface area contributed by atoms with Crippen LogP contribution in [0.3, 0.4) is 0 Å². The van der Waals surface area contributed by atoms with Gasteiger partial charge in [-0.05, 0) is 12.1 Å². The SMILES string of the molecule is I.NC(=NCCc1ccc2ccccc2n1)N1CCSCC1. The topological polar surface area (TPSA) is 54.5 Å². The van der Waals surface area contributed by atoms with E-state index in [-0.39, 0.29) is 24.0 Å². The summed E-state index contributed by atoms with van der Waals surface area (Å²) in [5.74, 6) is 2.96. The zero-order valence-electron chi connectivity index (χ0n) is 12.4. The molecule has 4 nitrogen and oxygen atoms in total. The molecule has 0 amide bonds. The number of nitrogens with two attached hydrogens (primary N) is 1. The lowest BCUT2D eigenvalue weighted by molar-refractivity contribution is 0.456. The van der Waals surface area contributed by atoms with Gasteiger partial charge in [-0.3, -0.25) is 9.98 Å². The van der Waals surface area contributed by atoms with Crippen molar-refractivity contribution < 1.29 is 0 Å². The largest absolute Gasteiger partial charge is 0.370 e. The molecule has 6 heteroatoms. The van der Waals surface area contributed by atoms with Gasteiger partial charge in [0.05, 0.1) is 5.52 Å². The van der Waals surface area contributed by atoms with Crippen LogP contribution in [0.25, 0.3) is 10.9 Å². The first-order valence-corrected chi connectivity index (χ1v) is 8.46. The maximum atomic E-state index is 6.05. The number of rotatable bonds is 3. The Bertz CT molecular complexity index is 641. The van der Waals surface area contributed by atoms with Gasteiger partial charge in [0.25, 0.3) is 0 Å². The molecule has 1 aliphatic heterocycles. The first-order valence-electron chi connectivity index (χ1n) is 7.30. The second-order valence-corrected chi connectivity index (χ2v) is 6.31. The number of fused-ring (bicyclic) bond motifs is 1. The van der Waals surface area contributed by atoms with Gasteiger partial charge in [-0.1, -0.05) is 24.3 Å². The molecular formula is C16H21IN4S. The first kappa shape index (κ1) is 17.3. The van der Waals surface area contributed by atoms with Gasteiger partial charge in [0.15, 0.2) is 5.96 Å². The minimum atomic E-state index is 0. The number of aliphatic imine (C=N–C) groups is 1. The number of nitrogens with zero attached hydrogens (tertiary/aromatic N) is 3. The van der Waals surface area contributed by atoms with E-state index in [2.05, 4.69) is 33.1 Å². The highest BCUT2D eigenvalue weighted by atomic mass is 127. The predicted molar refractivity (Wildman–Crippen MR) is 106 cm³/mol. The van der Waals surface area contributed by atoms with Crippen molar-refractivity contribution in [3.8, 4) is 0 Å². The fourth-order valence-corrected chi connectivity index (χ4v) is 3.33. The van der Waals surface area contributed by atoms with Crippen LogP contribution in [0.1, 0.15) is 5.69 Å². The van der Waals surface area contributed by atoms with Crippen LogP contribution in [-0.2, 0) is 6.42 Å². The summed E-state index contributed by atoms with van der Waals surface area (Å²) in [6.45, 7) is 2.71. The molecule has 1 aliphatic rings. The summed E-state index contributed by atoms with van der Waals surface area (Å²) in [7, 11) is 0. The molecule has 0 atom stereocenters. The molecule has 1 saturated heterocycles. The molecular weight excluding hydrogens is 407 g/mol. The van der Waals surface area contributed by atoms with Crippen molar-refractivity contribution in [1.82, 2.24) is 9.88 Å². The zero-order chi connectivity index (χ0) is 14.5. The van der Waals surface area contributed by atoms with E-state index < -0.39 is 0 Å². The Morgan fingerprint density at radius 1 is 1.18 bits per heavy atom. The maximum Gasteiger partial charge on any atom is 0.191 e. The minimum absolute atomic E-state index is 0. The number of halogens is 1. The average Bonchev–Trinajstić information content (AvgIpc) is 2.55. The highest BCUT2D eigenvalue weighted by Gasteiger charge is 2.11. The van der Waals surface area contributed by atoms with Crippen molar-refractivity contribution >= 4 is 52.6 Å². The van der Waals surface area contributed by atoms with Crippen LogP contribution in [0.2, 0.25) is 0 Å². The van der Waals surface area contributed by atoms with Crippen LogP contribution in [0.15, 0.2) is 41.4 Å². The highest BCUT2D eigenvalue weighted by molar-refractivity contribution is 14.0. The summed E-state index contributed by atoms with van der Waals surface area (Å²) in [5.41, 5.74) is 8.16. The quantitative estimate of drug-likeness (QED) is 0.464. The molecule has 0 unspecified atom stereocenters. The van der Waals surface area contributed by atoms with Crippen LogP contribution in [0.4, 0.5) is 0 Å². The van der Waals surface area contributed by atoms with Crippen molar-refractivity contribution in [2.75, 3.05) is 31.1 Å². The Labute approximate surface area is 152 Å². The lowest BCUT2D eigenvalue weighted by atomic mass is 10.2. The lowest BCUT2D eigenvalue weighted by Crippen LogP contribution is -2.42. The lowest BCUT2D eigenvalue weighted by Gasteiger charge is -2.27. The first-order chi connectivity index (χ1) is 10.3. The number of benzene rings is 1. The van der Waals surface area contributed by atoms with Crippen LogP contribution < -0.4 is 5.73 Å². The van der Waals surface area contributed by atoms with Gasteiger partial charge in [0, 0.05) is 48.6 Å². The third-order valence-corrected chi connectivity index (χ3v) is 4.58. The van der Waals surface area contributed by atoms with Crippen LogP contribution >= 0.6 is 35.7 Å². The van der Waals surface area contributed by atoms with Crippen LogP contribution in [-0.4, -0.2) is 47.0 Å². The van der Waals surface area contributed by atoms with Gasteiger partial charge >= 0.3 is 0 Å². The fourth-order valence-electron chi connectivity index (χ4n) is 2.42. The normalized spacial score (nSPS) is 15.6. The summed E-state index contributed by atoms with van der Waals surface area (Å²) >= 11 is 1.98. The molecule has 1 aromatic carbocycles. The van der Waals surface area contributed by atoms with Crippen LogP contribution in [0, 0.1) is 0 Å². The second-order valence-electron chi connectivity index (χ2n) is 5.08. The number of aromatic nitrogens is 1.